The first-order chi connectivity index (χ1) is 11.4. The maximum Gasteiger partial charge on any atom is -0.0149 e. The molecule has 0 aliphatic heterocycles. The van der Waals surface area contributed by atoms with Gasteiger partial charge in [0.25, 0.3) is 0 Å². The molecule has 0 saturated carbocycles. The third kappa shape index (κ3) is 2.85. The summed E-state index contributed by atoms with van der Waals surface area (Å²) in [5.41, 5.74) is 5.51. The van der Waals surface area contributed by atoms with Gasteiger partial charge in [-0.15, -0.1) is 0 Å². The van der Waals surface area contributed by atoms with Gasteiger partial charge >= 0.3 is 0 Å². The third-order valence-electron chi connectivity index (χ3n) is 4.59. The molecule has 0 aromatic heterocycles. The maximum atomic E-state index is 2.32. The van der Waals surface area contributed by atoms with Crippen molar-refractivity contribution in [1.82, 2.24) is 0 Å². The Bertz CT molecular complexity index is 882. The Kier molecular flexibility index (Phi) is 3.81. The molecule has 0 heterocycles. The fraction of sp³-hybridized carbons (Fsp3) is 0.130. The van der Waals surface area contributed by atoms with Gasteiger partial charge in [0.05, 0.1) is 0 Å². The molecule has 0 radical (unpaired) electrons. The van der Waals surface area contributed by atoms with Crippen LogP contribution in [0.4, 0.5) is 0 Å². The molecule has 0 saturated heterocycles. The second kappa shape index (κ2) is 6.26. The molecule has 3 aromatic rings. The number of hydrogen-bond donors (Lipinski definition) is 0. The first-order valence-electron chi connectivity index (χ1n) is 8.36. The molecule has 1 aliphatic rings. The summed E-state index contributed by atoms with van der Waals surface area (Å²) in [5.74, 6) is 0. The van der Waals surface area contributed by atoms with Gasteiger partial charge in [-0.25, -0.2) is 0 Å². The predicted molar refractivity (Wildman–Crippen MR) is 100 cm³/mol. The van der Waals surface area contributed by atoms with Crippen molar-refractivity contribution < 1.29 is 0 Å². The van der Waals surface area contributed by atoms with E-state index < -0.39 is 0 Å². The molecule has 0 atom stereocenters. The summed E-state index contributed by atoms with van der Waals surface area (Å²) < 4.78 is 0. The minimum atomic E-state index is 1.14. The number of hydrogen-bond acceptors (Lipinski definition) is 0. The van der Waals surface area contributed by atoms with E-state index in [1.807, 2.05) is 0 Å². The zero-order valence-electron chi connectivity index (χ0n) is 13.2. The van der Waals surface area contributed by atoms with Crippen LogP contribution in [0.5, 0.6) is 0 Å². The summed E-state index contributed by atoms with van der Waals surface area (Å²) in [5, 5.41) is 2.61. The molecule has 0 amide bonds. The number of benzene rings is 3. The van der Waals surface area contributed by atoms with Crippen molar-refractivity contribution in [3.05, 3.63) is 96.1 Å². The van der Waals surface area contributed by atoms with Crippen molar-refractivity contribution in [2.75, 3.05) is 0 Å². The highest BCUT2D eigenvalue weighted by molar-refractivity contribution is 5.98. The molecule has 0 nitrogen and oxygen atoms in total. The van der Waals surface area contributed by atoms with Crippen LogP contribution in [0.15, 0.2) is 84.9 Å². The van der Waals surface area contributed by atoms with E-state index in [4.69, 9.17) is 0 Å². The van der Waals surface area contributed by atoms with E-state index in [0.717, 1.165) is 12.8 Å². The molecule has 112 valence electrons. The van der Waals surface area contributed by atoms with Crippen LogP contribution >= 0.6 is 0 Å². The monoisotopic (exact) mass is 296 g/mol. The van der Waals surface area contributed by atoms with Crippen LogP contribution in [0.25, 0.3) is 21.9 Å². The van der Waals surface area contributed by atoms with Gasteiger partial charge in [-0.1, -0.05) is 78.9 Å². The summed E-state index contributed by atoms with van der Waals surface area (Å²) >= 11 is 0. The zero-order valence-corrected chi connectivity index (χ0v) is 13.2. The highest BCUT2D eigenvalue weighted by atomic mass is 14.2. The average molecular weight is 296 g/mol. The molecule has 1 aliphatic carbocycles. The lowest BCUT2D eigenvalue weighted by Crippen LogP contribution is -1.90. The molecule has 0 unspecified atom stereocenters. The Balaban J connectivity index is 1.91. The number of allylic oxidation sites excluding steroid dienone is 4. The van der Waals surface area contributed by atoms with Crippen LogP contribution in [-0.2, 0) is 0 Å². The standard InChI is InChI=1S/C23H20/c1-3-10-19(11-4-1)22-13-5-2-6-14-23(22)21-16-15-18-9-7-8-12-20(18)17-21/h1,3-4,6-12,14-17H,2,5,13H2. The fourth-order valence-corrected chi connectivity index (χ4v) is 3.40. The summed E-state index contributed by atoms with van der Waals surface area (Å²) in [6.45, 7) is 0. The first kappa shape index (κ1) is 14.0. The van der Waals surface area contributed by atoms with E-state index in [9.17, 15) is 0 Å². The molecular formula is C23H20. The third-order valence-corrected chi connectivity index (χ3v) is 4.59. The Morgan fingerprint density at radius 2 is 1.43 bits per heavy atom. The van der Waals surface area contributed by atoms with E-state index >= 15 is 0 Å². The van der Waals surface area contributed by atoms with Gasteiger partial charge in [0.2, 0.25) is 0 Å². The molecular weight excluding hydrogens is 276 g/mol. The van der Waals surface area contributed by atoms with E-state index in [-0.39, 0.29) is 0 Å². The second-order valence-corrected chi connectivity index (χ2v) is 6.11. The Labute approximate surface area is 137 Å². The van der Waals surface area contributed by atoms with Crippen LogP contribution in [0.1, 0.15) is 30.4 Å². The summed E-state index contributed by atoms with van der Waals surface area (Å²) in [7, 11) is 0. The first-order valence-corrected chi connectivity index (χ1v) is 8.36. The van der Waals surface area contributed by atoms with Crippen molar-refractivity contribution in [3.8, 4) is 0 Å². The molecule has 0 bridgehead atoms. The van der Waals surface area contributed by atoms with Gasteiger partial charge in [0.15, 0.2) is 0 Å². The van der Waals surface area contributed by atoms with Crippen LogP contribution in [0.3, 0.4) is 0 Å². The molecule has 0 heteroatoms. The van der Waals surface area contributed by atoms with Crippen LogP contribution in [0, 0.1) is 0 Å². The summed E-state index contributed by atoms with van der Waals surface area (Å²) in [6.07, 6.45) is 8.16. The quantitative estimate of drug-likeness (QED) is 0.507. The summed E-state index contributed by atoms with van der Waals surface area (Å²) in [6, 6.07) is 26.2. The second-order valence-electron chi connectivity index (χ2n) is 6.11. The predicted octanol–water partition coefficient (Wildman–Crippen LogP) is 6.49. The zero-order chi connectivity index (χ0) is 15.5. The van der Waals surface area contributed by atoms with Crippen LogP contribution in [0.2, 0.25) is 0 Å². The largest absolute Gasteiger partial charge is 0.0839 e. The SMILES string of the molecule is C1=CC(c2ccc3ccccc3c2)=C(c2ccccc2)CCC1. The van der Waals surface area contributed by atoms with Crippen LogP contribution < -0.4 is 0 Å². The van der Waals surface area contributed by atoms with Crippen molar-refractivity contribution >= 4 is 21.9 Å². The Morgan fingerprint density at radius 1 is 0.652 bits per heavy atom. The summed E-state index contributed by atoms with van der Waals surface area (Å²) in [4.78, 5) is 0. The van der Waals surface area contributed by atoms with E-state index in [1.54, 1.807) is 0 Å². The average Bonchev–Trinajstić information content (AvgIpc) is 2.88. The number of rotatable bonds is 2. The fourth-order valence-electron chi connectivity index (χ4n) is 3.40. The van der Waals surface area contributed by atoms with E-state index in [2.05, 4.69) is 84.9 Å². The number of fused-ring (bicyclic) bond motifs is 1. The Hall–Kier alpha value is -2.60. The molecule has 0 N–H and O–H groups in total. The Morgan fingerprint density at radius 3 is 2.30 bits per heavy atom. The van der Waals surface area contributed by atoms with Crippen LogP contribution in [-0.4, -0.2) is 0 Å². The minimum Gasteiger partial charge on any atom is -0.0839 e. The topological polar surface area (TPSA) is 0 Å². The van der Waals surface area contributed by atoms with Crippen molar-refractivity contribution in [2.45, 2.75) is 19.3 Å². The van der Waals surface area contributed by atoms with Gasteiger partial charge < -0.3 is 0 Å². The normalized spacial score (nSPS) is 15.0. The lowest BCUT2D eigenvalue weighted by atomic mass is 9.91. The smallest absolute Gasteiger partial charge is 0.0149 e. The van der Waals surface area contributed by atoms with E-state index in [1.165, 1.54) is 39.5 Å². The highest BCUT2D eigenvalue weighted by Crippen LogP contribution is 2.34. The molecule has 4 rings (SSSR count). The van der Waals surface area contributed by atoms with E-state index in [0.29, 0.717) is 0 Å². The molecule has 0 fully saturated rings. The maximum absolute atomic E-state index is 2.32. The highest BCUT2D eigenvalue weighted by Gasteiger charge is 2.12. The molecule has 0 spiro atoms. The van der Waals surface area contributed by atoms with Crippen molar-refractivity contribution in [2.24, 2.45) is 0 Å². The van der Waals surface area contributed by atoms with Gasteiger partial charge in [-0.05, 0) is 58.4 Å². The minimum absolute atomic E-state index is 1.14. The van der Waals surface area contributed by atoms with Gasteiger partial charge in [0, 0.05) is 0 Å². The van der Waals surface area contributed by atoms with Gasteiger partial charge in [-0.3, -0.25) is 0 Å². The van der Waals surface area contributed by atoms with Crippen molar-refractivity contribution in [1.29, 1.82) is 0 Å². The van der Waals surface area contributed by atoms with Crippen molar-refractivity contribution in [3.63, 3.8) is 0 Å². The lowest BCUT2D eigenvalue weighted by molar-refractivity contribution is 0.886. The molecule has 23 heavy (non-hydrogen) atoms. The van der Waals surface area contributed by atoms with Gasteiger partial charge in [-0.2, -0.15) is 0 Å². The molecule has 3 aromatic carbocycles. The van der Waals surface area contributed by atoms with Gasteiger partial charge in [0.1, 0.15) is 0 Å². The lowest BCUT2D eigenvalue weighted by Gasteiger charge is -2.13.